The first-order chi connectivity index (χ1) is 18.1. The van der Waals surface area contributed by atoms with Crippen LogP contribution in [0.2, 0.25) is 0 Å². The van der Waals surface area contributed by atoms with Gasteiger partial charge in [-0.05, 0) is 58.4 Å². The highest BCUT2D eigenvalue weighted by atomic mass is 16.6. The minimum absolute atomic E-state index is 0.00741. The number of aliphatic hydroxyl groups is 3. The molecule has 1 unspecified atom stereocenters. The first-order valence-corrected chi connectivity index (χ1v) is 13.5. The average Bonchev–Trinajstić information content (AvgIpc) is 3.12. The number of fused-ring (bicyclic) bond motifs is 4. The standard InChI is InChI=1S/C29H41NO9/c1-15(32)38-18-12-28(5)17(8-9-19(28)33)21-23(18)29(6)20(14-37-7)39-26(36)16(22(29)25(35)24(21)34)13-30(10-11-31)27(2,3)4/h13,17-20,31,33,35H,8-12,14H2,1-7H3/t17?,18-,19+,20-,28+,29+/m1/s1. The molecule has 3 aliphatic carbocycles. The minimum Gasteiger partial charge on any atom is -0.504 e. The molecule has 10 nitrogen and oxygen atoms in total. The molecule has 4 aliphatic rings. The Bertz CT molecular complexity index is 1160. The SMILES string of the molecule is COC[C@H]1OC(=O)C(=CN(CCO)C(C)(C)C)C2=C(O)C(=O)C3=C([C@H](OC(C)=O)C[C@@]4(C)C3CC[C@@H]4O)[C@]21C. The van der Waals surface area contributed by atoms with Crippen molar-refractivity contribution in [3.8, 4) is 0 Å². The van der Waals surface area contributed by atoms with Crippen LogP contribution < -0.4 is 0 Å². The lowest BCUT2D eigenvalue weighted by Gasteiger charge is -2.54. The molecule has 0 aromatic heterocycles. The van der Waals surface area contributed by atoms with Crippen molar-refractivity contribution in [2.75, 3.05) is 26.9 Å². The fourth-order valence-electron chi connectivity index (χ4n) is 7.13. The number of cyclic esters (lactones) is 1. The Hall–Kier alpha value is -2.69. The summed E-state index contributed by atoms with van der Waals surface area (Å²) in [6.07, 6.45) is 0.260. The van der Waals surface area contributed by atoms with Crippen LogP contribution in [-0.4, -0.2) is 88.7 Å². The van der Waals surface area contributed by atoms with Gasteiger partial charge in [0, 0.05) is 48.9 Å². The van der Waals surface area contributed by atoms with Crippen LogP contribution in [0, 0.1) is 16.7 Å². The van der Waals surface area contributed by atoms with Crippen molar-refractivity contribution in [1.29, 1.82) is 0 Å². The maximum atomic E-state index is 14.1. The van der Waals surface area contributed by atoms with E-state index < -0.39 is 58.2 Å². The van der Waals surface area contributed by atoms with Crippen LogP contribution in [0.3, 0.4) is 0 Å². The molecule has 10 heteroatoms. The molecule has 0 aromatic rings. The molecule has 0 radical (unpaired) electrons. The summed E-state index contributed by atoms with van der Waals surface area (Å²) in [6, 6.07) is 0. The van der Waals surface area contributed by atoms with E-state index >= 15 is 0 Å². The number of ketones is 1. The highest BCUT2D eigenvalue weighted by molar-refractivity contribution is 6.13. The molecule has 3 N–H and O–H groups in total. The average molecular weight is 548 g/mol. The third kappa shape index (κ3) is 4.50. The van der Waals surface area contributed by atoms with Gasteiger partial charge in [0.05, 0.1) is 30.3 Å². The molecule has 1 saturated heterocycles. The van der Waals surface area contributed by atoms with Crippen molar-refractivity contribution < 1.29 is 43.9 Å². The molecule has 2 fully saturated rings. The van der Waals surface area contributed by atoms with Gasteiger partial charge in [0.25, 0.3) is 0 Å². The van der Waals surface area contributed by atoms with E-state index in [9.17, 15) is 29.7 Å². The second kappa shape index (κ2) is 10.1. The Morgan fingerprint density at radius 3 is 2.46 bits per heavy atom. The van der Waals surface area contributed by atoms with Gasteiger partial charge in [0.1, 0.15) is 12.2 Å². The Kier molecular flexibility index (Phi) is 7.55. The number of carbonyl (C=O) groups excluding carboxylic acids is 3. The van der Waals surface area contributed by atoms with Crippen molar-refractivity contribution in [2.45, 2.75) is 84.7 Å². The lowest BCUT2D eigenvalue weighted by molar-refractivity contribution is -0.161. The third-order valence-corrected chi connectivity index (χ3v) is 9.14. The fourth-order valence-corrected chi connectivity index (χ4v) is 7.13. The highest BCUT2D eigenvalue weighted by Gasteiger charge is 2.64. The molecule has 4 rings (SSSR count). The molecular formula is C29H41NO9. The Labute approximate surface area is 229 Å². The Morgan fingerprint density at radius 1 is 1.23 bits per heavy atom. The van der Waals surface area contributed by atoms with E-state index in [-0.39, 0.29) is 43.2 Å². The smallest absolute Gasteiger partial charge is 0.340 e. The first kappa shape index (κ1) is 29.3. The number of Topliss-reactive ketones (excluding diaryl/α,β-unsaturated/α-hetero) is 1. The second-order valence-corrected chi connectivity index (χ2v) is 12.5. The molecule has 0 spiro atoms. The Balaban J connectivity index is 2.02. The van der Waals surface area contributed by atoms with Gasteiger partial charge >= 0.3 is 11.9 Å². The number of hydrogen-bond donors (Lipinski definition) is 3. The molecule has 1 heterocycles. The normalized spacial score (nSPS) is 35.5. The van der Waals surface area contributed by atoms with E-state index in [4.69, 9.17) is 14.2 Å². The van der Waals surface area contributed by atoms with E-state index in [2.05, 4.69) is 0 Å². The number of ether oxygens (including phenoxy) is 3. The van der Waals surface area contributed by atoms with Crippen molar-refractivity contribution in [1.82, 2.24) is 4.90 Å². The molecular weight excluding hydrogens is 506 g/mol. The predicted molar refractivity (Wildman–Crippen MR) is 140 cm³/mol. The molecule has 1 saturated carbocycles. The lowest BCUT2D eigenvalue weighted by atomic mass is 9.53. The monoisotopic (exact) mass is 547 g/mol. The fraction of sp³-hybridized carbons (Fsp3) is 0.690. The summed E-state index contributed by atoms with van der Waals surface area (Å²) in [7, 11) is 1.46. The third-order valence-electron chi connectivity index (χ3n) is 9.14. The number of allylic oxidation sites excluding steroid dienone is 1. The van der Waals surface area contributed by atoms with Gasteiger partial charge in [-0.3, -0.25) is 9.59 Å². The van der Waals surface area contributed by atoms with Gasteiger partial charge in [-0.25, -0.2) is 4.79 Å². The summed E-state index contributed by atoms with van der Waals surface area (Å²) in [6.45, 7) is 10.7. The van der Waals surface area contributed by atoms with Crippen molar-refractivity contribution in [3.63, 3.8) is 0 Å². The molecule has 1 aliphatic heterocycles. The van der Waals surface area contributed by atoms with E-state index in [1.54, 1.807) is 11.8 Å². The predicted octanol–water partition coefficient (Wildman–Crippen LogP) is 2.35. The first-order valence-electron chi connectivity index (χ1n) is 13.5. The second-order valence-electron chi connectivity index (χ2n) is 12.5. The number of β-amino-alcohol motifs (C(OH)–C–C–N with tert-alkyl or cyclic N) is 1. The van der Waals surface area contributed by atoms with Gasteiger partial charge in [0.15, 0.2) is 5.76 Å². The van der Waals surface area contributed by atoms with Crippen LogP contribution in [0.15, 0.2) is 34.3 Å². The van der Waals surface area contributed by atoms with Crippen molar-refractivity contribution in [2.24, 2.45) is 16.7 Å². The van der Waals surface area contributed by atoms with Crippen LogP contribution in [0.25, 0.3) is 0 Å². The number of aliphatic hydroxyl groups excluding tert-OH is 3. The largest absolute Gasteiger partial charge is 0.504 e. The van der Waals surface area contributed by atoms with Crippen LogP contribution >= 0.6 is 0 Å². The molecule has 6 atom stereocenters. The molecule has 0 aromatic carbocycles. The Morgan fingerprint density at radius 2 is 1.90 bits per heavy atom. The van der Waals surface area contributed by atoms with Gasteiger partial charge in [-0.15, -0.1) is 0 Å². The summed E-state index contributed by atoms with van der Waals surface area (Å²) in [5, 5.41) is 32.2. The van der Waals surface area contributed by atoms with Crippen LogP contribution in [0.1, 0.15) is 60.8 Å². The molecule has 0 amide bonds. The van der Waals surface area contributed by atoms with Crippen LogP contribution in [-0.2, 0) is 28.6 Å². The maximum Gasteiger partial charge on any atom is 0.340 e. The van der Waals surface area contributed by atoms with E-state index in [0.29, 0.717) is 24.0 Å². The number of methoxy groups -OCH3 is 1. The van der Waals surface area contributed by atoms with E-state index in [1.807, 2.05) is 27.7 Å². The zero-order valence-corrected chi connectivity index (χ0v) is 23.9. The van der Waals surface area contributed by atoms with E-state index in [0.717, 1.165) is 0 Å². The lowest BCUT2D eigenvalue weighted by Crippen LogP contribution is -2.57. The number of esters is 2. The van der Waals surface area contributed by atoms with Crippen LogP contribution in [0.5, 0.6) is 0 Å². The quantitative estimate of drug-likeness (QED) is 0.335. The number of hydrogen-bond acceptors (Lipinski definition) is 10. The van der Waals surface area contributed by atoms with Gasteiger partial charge in [0.2, 0.25) is 5.78 Å². The van der Waals surface area contributed by atoms with Gasteiger partial charge in [-0.1, -0.05) is 6.92 Å². The summed E-state index contributed by atoms with van der Waals surface area (Å²) < 4.78 is 17.2. The van der Waals surface area contributed by atoms with Gasteiger partial charge in [-0.2, -0.15) is 0 Å². The van der Waals surface area contributed by atoms with Crippen molar-refractivity contribution in [3.05, 3.63) is 34.3 Å². The number of rotatable bonds is 6. The summed E-state index contributed by atoms with van der Waals surface area (Å²) >= 11 is 0. The topological polar surface area (TPSA) is 143 Å². The van der Waals surface area contributed by atoms with Gasteiger partial charge < -0.3 is 34.4 Å². The number of carbonyl (C=O) groups is 3. The summed E-state index contributed by atoms with van der Waals surface area (Å²) in [5.41, 5.74) is -1.65. The molecule has 39 heavy (non-hydrogen) atoms. The van der Waals surface area contributed by atoms with Crippen LogP contribution in [0.4, 0.5) is 0 Å². The van der Waals surface area contributed by atoms with E-state index in [1.165, 1.54) is 20.2 Å². The minimum atomic E-state index is -1.28. The molecule has 216 valence electrons. The zero-order chi connectivity index (χ0) is 29.1. The summed E-state index contributed by atoms with van der Waals surface area (Å²) in [5.74, 6) is -2.87. The van der Waals surface area contributed by atoms with Crippen molar-refractivity contribution >= 4 is 17.7 Å². The highest BCUT2D eigenvalue weighted by Crippen LogP contribution is 2.63. The zero-order valence-electron chi connectivity index (χ0n) is 23.9. The molecule has 0 bridgehead atoms. The summed E-state index contributed by atoms with van der Waals surface area (Å²) in [4.78, 5) is 41.6. The maximum absolute atomic E-state index is 14.1. The number of nitrogens with zero attached hydrogens (tertiary/aromatic N) is 1.